The first-order chi connectivity index (χ1) is 48.4. The lowest BCUT2D eigenvalue weighted by Gasteiger charge is -2.25. The first kappa shape index (κ1) is 102. The summed E-state index contributed by atoms with van der Waals surface area (Å²) in [5.41, 5.74) is 0. The molecular weight excluding hydrogens is 1350 g/mol. The molecule has 0 aromatic heterocycles. The molecule has 6 unspecified atom stereocenters. The molecule has 0 bridgehead atoms. The Morgan fingerprint density at radius 2 is 0.680 bits per heavy atom. The molecule has 0 saturated carbocycles. The monoisotopic (exact) mass is 1480 g/mol. The molecule has 594 valence electrons. The Hall–Kier alpha value is -7.65. The summed E-state index contributed by atoms with van der Waals surface area (Å²) in [6.45, 7) is 23.6. The van der Waals surface area contributed by atoms with E-state index in [-0.39, 0.29) is 128 Å². The number of nitrogens with one attached hydrogen (secondary N) is 6. The first-order valence-electron chi connectivity index (χ1n) is 34.7. The normalized spacial score (nSPS) is 23.4. The fourth-order valence-corrected chi connectivity index (χ4v) is 9.67. The van der Waals surface area contributed by atoms with E-state index in [2.05, 4.69) is 85.5 Å². The summed E-state index contributed by atoms with van der Waals surface area (Å²) in [5, 5.41) is 52.5. The van der Waals surface area contributed by atoms with Crippen molar-refractivity contribution in [3.63, 3.8) is 0 Å². The predicted molar refractivity (Wildman–Crippen MR) is 377 cm³/mol. The standard InChI is InChI=1S/2C9H14O5.2C8H13NO3.2C7H13NO2.2C7H15NO.C5H8O3.C4H6O/c2*1-6(10)4-5-7(8(11)13-2)9(12)14-3;2*1-5-3-4-6(7(10)9-5)8(11)12-2;2*1-5-2-3-6(4-9)7(10)8-5;2*1-6-2-3-7(5-9)4-8-6;1-4(6)3-5(7)8-2;1-3-4(2)5/h2*7H,4-5H2,1-3H3;2*5-6H,3-4H2,1-2H3,(H,9,10);2*5-6,9H,2-4H2,1H3,(H,8,10);2*6-9H,2-5H2,1H3;3H2,1-2H3;3H,1H2,2H3/t;;4*5-,6?;2*6-,7?;;/m..111111../s1. The van der Waals surface area contributed by atoms with Crippen LogP contribution in [-0.2, 0) is 105 Å². The molecular formula is C71H124N6O26. The number of aliphatic hydroxyl groups is 4. The van der Waals surface area contributed by atoms with Crippen LogP contribution in [0.25, 0.3) is 0 Å². The van der Waals surface area contributed by atoms with Gasteiger partial charge in [-0.25, -0.2) is 0 Å². The van der Waals surface area contributed by atoms with E-state index in [9.17, 15) is 71.9 Å². The van der Waals surface area contributed by atoms with Crippen LogP contribution in [0.4, 0.5) is 0 Å². The Kier molecular flexibility index (Phi) is 60.0. The van der Waals surface area contributed by atoms with Crippen LogP contribution >= 0.6 is 0 Å². The van der Waals surface area contributed by atoms with Gasteiger partial charge in [-0.05, 0) is 177 Å². The second-order valence-electron chi connectivity index (χ2n) is 25.7. The van der Waals surface area contributed by atoms with Crippen molar-refractivity contribution in [1.82, 2.24) is 31.9 Å². The lowest BCUT2D eigenvalue weighted by atomic mass is 9.95. The number of carbonyl (C=O) groups excluding carboxylic acids is 15. The molecule has 0 spiro atoms. The Morgan fingerprint density at radius 1 is 0.398 bits per heavy atom. The fourth-order valence-electron chi connectivity index (χ4n) is 9.67. The van der Waals surface area contributed by atoms with Gasteiger partial charge in [-0.2, -0.15) is 0 Å². The van der Waals surface area contributed by atoms with Crippen LogP contribution in [0.3, 0.4) is 0 Å². The zero-order valence-electron chi connectivity index (χ0n) is 63.9. The molecule has 32 nitrogen and oxygen atoms in total. The number of Topliss-reactive ketones (excluding diaryl/α,β-unsaturated/α-hetero) is 3. The highest BCUT2D eigenvalue weighted by Gasteiger charge is 2.34. The Morgan fingerprint density at radius 3 is 0.864 bits per heavy atom. The summed E-state index contributed by atoms with van der Waals surface area (Å²) >= 11 is 0. The lowest BCUT2D eigenvalue weighted by Crippen LogP contribution is -2.45. The highest BCUT2D eigenvalue weighted by atomic mass is 16.6. The van der Waals surface area contributed by atoms with E-state index in [1.54, 1.807) is 0 Å². The molecule has 0 radical (unpaired) electrons. The number of methoxy groups -OCH3 is 7. The van der Waals surface area contributed by atoms with E-state index in [0.29, 0.717) is 50.0 Å². The van der Waals surface area contributed by atoms with Gasteiger partial charge in [0.05, 0.1) is 74.8 Å². The van der Waals surface area contributed by atoms with Crippen molar-refractivity contribution in [1.29, 1.82) is 0 Å². The molecule has 6 aliphatic heterocycles. The smallest absolute Gasteiger partial charge is 0.320 e. The number of hydrogen-bond donors (Lipinski definition) is 10. The molecule has 6 heterocycles. The minimum atomic E-state index is -0.992. The van der Waals surface area contributed by atoms with Gasteiger partial charge in [0.2, 0.25) is 23.6 Å². The predicted octanol–water partition coefficient (Wildman–Crippen LogP) is 2.20. The number of esters is 7. The largest absolute Gasteiger partial charge is 0.469 e. The number of ketones is 4. The highest BCUT2D eigenvalue weighted by Crippen LogP contribution is 2.20. The molecule has 6 fully saturated rings. The van der Waals surface area contributed by atoms with Gasteiger partial charge in [-0.1, -0.05) is 6.58 Å². The van der Waals surface area contributed by atoms with Gasteiger partial charge in [0.25, 0.3) is 0 Å². The molecule has 0 aromatic carbocycles. The molecule has 32 heteroatoms. The van der Waals surface area contributed by atoms with Gasteiger partial charge in [-0.15, -0.1) is 0 Å². The topological polar surface area (TPSA) is 474 Å². The maximum atomic E-state index is 11.2. The molecule has 6 aliphatic rings. The van der Waals surface area contributed by atoms with Gasteiger partial charge in [0.1, 0.15) is 35.6 Å². The van der Waals surface area contributed by atoms with Crippen LogP contribution in [0, 0.1) is 47.3 Å². The van der Waals surface area contributed by atoms with Gasteiger partial charge < -0.3 is 95.1 Å². The Bertz CT molecular complexity index is 2390. The van der Waals surface area contributed by atoms with Gasteiger partial charge in [0.15, 0.2) is 17.6 Å². The molecule has 10 N–H and O–H groups in total. The average molecular weight is 1480 g/mol. The zero-order valence-corrected chi connectivity index (χ0v) is 63.9. The maximum absolute atomic E-state index is 11.2. The van der Waals surface area contributed by atoms with Crippen molar-refractivity contribution in [3.05, 3.63) is 12.7 Å². The second-order valence-corrected chi connectivity index (χ2v) is 25.7. The number of hydrogen-bond acceptors (Lipinski definition) is 28. The van der Waals surface area contributed by atoms with E-state index in [4.69, 9.17) is 20.4 Å². The number of carbonyl (C=O) groups is 15. The summed E-state index contributed by atoms with van der Waals surface area (Å²) in [7, 11) is 8.60. The molecule has 0 aromatic rings. The van der Waals surface area contributed by atoms with Crippen LogP contribution in [0.15, 0.2) is 12.7 Å². The van der Waals surface area contributed by atoms with E-state index in [0.717, 1.165) is 51.6 Å². The highest BCUT2D eigenvalue weighted by molar-refractivity contribution is 5.99. The van der Waals surface area contributed by atoms with E-state index in [1.807, 2.05) is 27.7 Å². The van der Waals surface area contributed by atoms with Crippen LogP contribution in [-0.4, -0.2) is 235 Å². The number of rotatable bonds is 19. The van der Waals surface area contributed by atoms with E-state index in [1.165, 1.54) is 109 Å². The number of allylic oxidation sites excluding steroid dienone is 1. The Balaban J connectivity index is -0.000000533. The summed E-state index contributed by atoms with van der Waals surface area (Å²) in [6, 6.07) is 2.25. The van der Waals surface area contributed by atoms with Crippen molar-refractivity contribution >= 4 is 88.5 Å². The van der Waals surface area contributed by atoms with Crippen molar-refractivity contribution in [2.24, 2.45) is 47.3 Å². The van der Waals surface area contributed by atoms with E-state index >= 15 is 0 Å². The average Bonchev–Trinajstić information content (AvgIpc) is 0.866. The molecule has 12 atom stereocenters. The maximum Gasteiger partial charge on any atom is 0.320 e. The molecule has 103 heavy (non-hydrogen) atoms. The van der Waals surface area contributed by atoms with Crippen molar-refractivity contribution in [3.8, 4) is 0 Å². The van der Waals surface area contributed by atoms with E-state index < -0.39 is 65.5 Å². The summed E-state index contributed by atoms with van der Waals surface area (Å²) in [6.07, 6.45) is 13.0. The van der Waals surface area contributed by atoms with Crippen LogP contribution in [0.2, 0.25) is 0 Å². The quantitative estimate of drug-likeness (QED) is 0.0383. The summed E-state index contributed by atoms with van der Waals surface area (Å²) in [5.74, 6) is -7.19. The van der Waals surface area contributed by atoms with Crippen molar-refractivity contribution in [2.45, 2.75) is 215 Å². The lowest BCUT2D eigenvalue weighted by molar-refractivity contribution is -0.161. The van der Waals surface area contributed by atoms with Crippen LogP contribution < -0.4 is 31.9 Å². The fraction of sp³-hybridized carbons (Fsp3) is 0.761. The van der Waals surface area contributed by atoms with Gasteiger partial charge >= 0.3 is 41.8 Å². The molecule has 0 aliphatic carbocycles. The first-order valence-corrected chi connectivity index (χ1v) is 34.7. The molecule has 4 amide bonds. The van der Waals surface area contributed by atoms with Crippen LogP contribution in [0.5, 0.6) is 0 Å². The number of ether oxygens (including phenoxy) is 7. The second kappa shape index (κ2) is 60.7. The van der Waals surface area contributed by atoms with Gasteiger partial charge in [-0.3, -0.25) is 62.3 Å². The van der Waals surface area contributed by atoms with Crippen molar-refractivity contribution < 1.29 is 126 Å². The SMILES string of the molecule is C=CC(C)=O.COC(=O)C(CCC(C)=O)C(=O)OC.COC(=O)C(CCC(C)=O)C(=O)OC.COC(=O)C1CC[C@@H](C)NC1=O.COC(=O)C1CC[C@@H](C)NC1=O.COC(=O)CC(C)=O.C[C@@H]1CCC(CO)C(=O)N1.C[C@@H]1CCC(CO)C(=O)N1.C[C@@H]1CCC(CO)CN1.C[C@@H]1CCC(CO)CN1. The molecule has 6 saturated heterocycles. The van der Waals surface area contributed by atoms with Gasteiger partial charge in [0, 0.05) is 75.4 Å². The minimum Gasteiger partial charge on any atom is -0.469 e. The van der Waals surface area contributed by atoms with Crippen LogP contribution in [0.1, 0.15) is 178 Å². The number of aliphatic hydroxyl groups excluding tert-OH is 4. The summed E-state index contributed by atoms with van der Waals surface area (Å²) < 4.78 is 30.9. The third-order valence-corrected chi connectivity index (χ3v) is 16.5. The molecule has 6 rings (SSSR count). The third kappa shape index (κ3) is 50.4. The summed E-state index contributed by atoms with van der Waals surface area (Å²) in [4.78, 5) is 162. The number of piperidine rings is 6. The van der Waals surface area contributed by atoms with Crippen molar-refractivity contribution in [2.75, 3.05) is 89.3 Å². The minimum absolute atomic E-state index is 0.00116. The Labute approximate surface area is 607 Å². The number of amides is 4. The zero-order chi connectivity index (χ0) is 79.9. The third-order valence-electron chi connectivity index (χ3n) is 16.5.